The van der Waals surface area contributed by atoms with Gasteiger partial charge in [-0.2, -0.15) is 0 Å². The highest BCUT2D eigenvalue weighted by molar-refractivity contribution is 5.31. The Morgan fingerprint density at radius 3 is 2.11 bits per heavy atom. The highest BCUT2D eigenvalue weighted by Crippen LogP contribution is 2.20. The zero-order valence-electron chi connectivity index (χ0n) is 11.4. The normalized spacial score (nSPS) is 9.28. The fourth-order valence-electron chi connectivity index (χ4n) is 1.34. The first-order valence-corrected chi connectivity index (χ1v) is 6.46. The molecule has 0 atom stereocenters. The minimum Gasteiger partial charge on any atom is -0.456 e. The van der Waals surface area contributed by atoms with Gasteiger partial charge in [-0.1, -0.05) is 39.3 Å². The number of ether oxygens (including phenoxy) is 1. The second kappa shape index (κ2) is 8.29. The summed E-state index contributed by atoms with van der Waals surface area (Å²) in [5.74, 6) is 1.61. The number of rotatable bonds is 3. The first-order chi connectivity index (χ1) is 8.80. The molecule has 1 aromatic heterocycles. The molecular formula is C16H21NO. The van der Waals surface area contributed by atoms with Gasteiger partial charge in [0.2, 0.25) is 0 Å². The lowest BCUT2D eigenvalue weighted by atomic mass is 10.2. The van der Waals surface area contributed by atoms with Crippen molar-refractivity contribution in [2.75, 3.05) is 0 Å². The monoisotopic (exact) mass is 243 g/mol. The molecule has 2 aromatic rings. The van der Waals surface area contributed by atoms with Crippen LogP contribution in [0, 0.1) is 0 Å². The van der Waals surface area contributed by atoms with Crippen LogP contribution in [0.5, 0.6) is 11.5 Å². The molecule has 0 radical (unpaired) electrons. The predicted octanol–water partition coefficient (Wildman–Crippen LogP) is 4.85. The Morgan fingerprint density at radius 1 is 0.944 bits per heavy atom. The molecule has 0 fully saturated rings. The number of hydrogen-bond acceptors (Lipinski definition) is 2. The highest BCUT2D eigenvalue weighted by Gasteiger charge is 1.96. The van der Waals surface area contributed by atoms with Crippen LogP contribution >= 0.6 is 0 Å². The van der Waals surface area contributed by atoms with Gasteiger partial charge in [0, 0.05) is 6.20 Å². The molecule has 0 saturated heterocycles. The molecule has 0 amide bonds. The molecule has 0 aliphatic carbocycles. The zero-order valence-corrected chi connectivity index (χ0v) is 11.4. The second-order valence-electron chi connectivity index (χ2n) is 4.00. The number of aromatic nitrogens is 1. The van der Waals surface area contributed by atoms with Crippen LogP contribution in [0.3, 0.4) is 0 Å². The molecule has 0 aliphatic rings. The molecule has 2 heteroatoms. The zero-order chi connectivity index (χ0) is 13.2. The van der Waals surface area contributed by atoms with Crippen molar-refractivity contribution in [2.24, 2.45) is 0 Å². The standard InChI is InChI=1S/C13H13NO.C3H8/c1-2-11-5-7-12(8-6-11)15-13-4-3-9-14-10-13;1-3-2/h3-10H,2H2,1H3;3H2,1-2H3. The van der Waals surface area contributed by atoms with Crippen LogP contribution in [-0.4, -0.2) is 4.98 Å². The van der Waals surface area contributed by atoms with Gasteiger partial charge in [-0.3, -0.25) is 4.98 Å². The van der Waals surface area contributed by atoms with Gasteiger partial charge in [-0.15, -0.1) is 0 Å². The lowest BCUT2D eigenvalue weighted by molar-refractivity contribution is 0.480. The third kappa shape index (κ3) is 5.00. The van der Waals surface area contributed by atoms with Gasteiger partial charge in [0.05, 0.1) is 6.20 Å². The quantitative estimate of drug-likeness (QED) is 0.768. The fourth-order valence-corrected chi connectivity index (χ4v) is 1.34. The molecule has 0 spiro atoms. The first-order valence-electron chi connectivity index (χ1n) is 6.46. The van der Waals surface area contributed by atoms with E-state index >= 15 is 0 Å². The summed E-state index contributed by atoms with van der Waals surface area (Å²) in [6.07, 6.45) is 5.73. The fraction of sp³-hybridized carbons (Fsp3) is 0.312. The van der Waals surface area contributed by atoms with Crippen molar-refractivity contribution < 1.29 is 4.74 Å². The van der Waals surface area contributed by atoms with Gasteiger partial charge in [0.15, 0.2) is 0 Å². The molecular weight excluding hydrogens is 222 g/mol. The molecule has 2 nitrogen and oxygen atoms in total. The highest BCUT2D eigenvalue weighted by atomic mass is 16.5. The summed E-state index contributed by atoms with van der Waals surface area (Å²) in [7, 11) is 0. The Morgan fingerprint density at radius 2 is 1.61 bits per heavy atom. The minimum atomic E-state index is 0.766. The Balaban J connectivity index is 0.000000492. The van der Waals surface area contributed by atoms with Crippen molar-refractivity contribution in [2.45, 2.75) is 33.6 Å². The molecule has 96 valence electrons. The van der Waals surface area contributed by atoms with Crippen LogP contribution in [0.1, 0.15) is 32.8 Å². The third-order valence-corrected chi connectivity index (χ3v) is 2.20. The van der Waals surface area contributed by atoms with Crippen LogP contribution in [0.4, 0.5) is 0 Å². The molecule has 0 N–H and O–H groups in total. The van der Waals surface area contributed by atoms with Crippen molar-refractivity contribution in [1.29, 1.82) is 0 Å². The topological polar surface area (TPSA) is 22.1 Å². The Hall–Kier alpha value is -1.83. The maximum atomic E-state index is 5.62. The third-order valence-electron chi connectivity index (χ3n) is 2.20. The number of aryl methyl sites for hydroxylation is 1. The molecule has 0 unspecified atom stereocenters. The maximum absolute atomic E-state index is 5.62. The van der Waals surface area contributed by atoms with E-state index < -0.39 is 0 Å². The summed E-state index contributed by atoms with van der Waals surface area (Å²) in [5.41, 5.74) is 1.31. The SMILES string of the molecule is CCC.CCc1ccc(Oc2cccnc2)cc1. The van der Waals surface area contributed by atoms with Crippen molar-refractivity contribution in [3.63, 3.8) is 0 Å². The van der Waals surface area contributed by atoms with Gasteiger partial charge in [0.1, 0.15) is 11.5 Å². The summed E-state index contributed by atoms with van der Waals surface area (Å²) in [5, 5.41) is 0. The smallest absolute Gasteiger partial charge is 0.145 e. The van der Waals surface area contributed by atoms with Crippen molar-refractivity contribution in [1.82, 2.24) is 4.98 Å². The van der Waals surface area contributed by atoms with Crippen LogP contribution in [0.15, 0.2) is 48.8 Å². The molecule has 1 aromatic carbocycles. The molecule has 0 saturated carbocycles. The second-order valence-corrected chi connectivity index (χ2v) is 4.00. The first kappa shape index (κ1) is 14.2. The van der Waals surface area contributed by atoms with Crippen molar-refractivity contribution in [3.05, 3.63) is 54.4 Å². The lowest BCUT2D eigenvalue weighted by Gasteiger charge is -2.05. The molecule has 0 aliphatic heterocycles. The lowest BCUT2D eigenvalue weighted by Crippen LogP contribution is -1.85. The van der Waals surface area contributed by atoms with E-state index in [9.17, 15) is 0 Å². The number of nitrogens with zero attached hydrogens (tertiary/aromatic N) is 1. The Bertz CT molecular complexity index is 423. The van der Waals surface area contributed by atoms with Gasteiger partial charge >= 0.3 is 0 Å². The van der Waals surface area contributed by atoms with E-state index in [1.807, 2.05) is 24.3 Å². The molecule has 0 bridgehead atoms. The van der Waals surface area contributed by atoms with E-state index in [0.717, 1.165) is 17.9 Å². The minimum absolute atomic E-state index is 0.766. The average molecular weight is 243 g/mol. The summed E-state index contributed by atoms with van der Waals surface area (Å²) >= 11 is 0. The molecule has 18 heavy (non-hydrogen) atoms. The van der Waals surface area contributed by atoms with Gasteiger partial charge in [-0.25, -0.2) is 0 Å². The van der Waals surface area contributed by atoms with Gasteiger partial charge < -0.3 is 4.74 Å². The van der Waals surface area contributed by atoms with Crippen LogP contribution in [-0.2, 0) is 6.42 Å². The van der Waals surface area contributed by atoms with E-state index in [0.29, 0.717) is 0 Å². The van der Waals surface area contributed by atoms with E-state index in [-0.39, 0.29) is 0 Å². The van der Waals surface area contributed by atoms with Crippen LogP contribution in [0.25, 0.3) is 0 Å². The molecule has 1 heterocycles. The van der Waals surface area contributed by atoms with Gasteiger partial charge in [-0.05, 0) is 36.2 Å². The summed E-state index contributed by atoms with van der Waals surface area (Å²) in [6, 6.07) is 11.9. The summed E-state index contributed by atoms with van der Waals surface area (Å²) < 4.78 is 5.62. The maximum Gasteiger partial charge on any atom is 0.145 e. The van der Waals surface area contributed by atoms with E-state index in [4.69, 9.17) is 4.74 Å². The summed E-state index contributed by atoms with van der Waals surface area (Å²) in [6.45, 7) is 6.39. The Labute approximate surface area is 110 Å². The number of benzene rings is 1. The average Bonchev–Trinajstić information content (AvgIpc) is 2.42. The van der Waals surface area contributed by atoms with Crippen molar-refractivity contribution in [3.8, 4) is 11.5 Å². The number of hydrogen-bond donors (Lipinski definition) is 0. The van der Waals surface area contributed by atoms with E-state index in [1.54, 1.807) is 12.4 Å². The van der Waals surface area contributed by atoms with Crippen molar-refractivity contribution >= 4 is 0 Å². The van der Waals surface area contributed by atoms with E-state index in [2.05, 4.69) is 37.9 Å². The van der Waals surface area contributed by atoms with Crippen LogP contribution < -0.4 is 4.74 Å². The number of pyridine rings is 1. The Kier molecular flexibility index (Phi) is 6.55. The largest absolute Gasteiger partial charge is 0.456 e. The van der Waals surface area contributed by atoms with Gasteiger partial charge in [0.25, 0.3) is 0 Å². The molecule has 2 rings (SSSR count). The van der Waals surface area contributed by atoms with Crippen LogP contribution in [0.2, 0.25) is 0 Å². The van der Waals surface area contributed by atoms with E-state index in [1.165, 1.54) is 12.0 Å². The summed E-state index contributed by atoms with van der Waals surface area (Å²) in [4.78, 5) is 3.99. The predicted molar refractivity (Wildman–Crippen MR) is 76.1 cm³/mol.